The van der Waals surface area contributed by atoms with E-state index >= 15 is 0 Å². The van der Waals surface area contributed by atoms with Gasteiger partial charge in [-0.3, -0.25) is 4.90 Å². The molecule has 1 N–H and O–H groups in total. The molecule has 0 amide bonds. The van der Waals surface area contributed by atoms with Gasteiger partial charge < -0.3 is 10.2 Å². The molecule has 0 aromatic rings. The Kier molecular flexibility index (Phi) is 3.99. The molecule has 3 nitrogen and oxygen atoms in total. The molecule has 0 aromatic heterocycles. The topological polar surface area (TPSA) is 18.5 Å². The van der Waals surface area contributed by atoms with Crippen LogP contribution in [0.5, 0.6) is 0 Å². The highest BCUT2D eigenvalue weighted by Gasteiger charge is 2.27. The summed E-state index contributed by atoms with van der Waals surface area (Å²) in [6.07, 6.45) is 7.26. The Morgan fingerprint density at radius 2 is 1.71 bits per heavy atom. The van der Waals surface area contributed by atoms with E-state index in [2.05, 4.69) is 15.1 Å². The van der Waals surface area contributed by atoms with E-state index in [9.17, 15) is 0 Å². The van der Waals surface area contributed by atoms with Crippen LogP contribution in [0.1, 0.15) is 32.1 Å². The SMILES string of the molecule is C1CCC(N2CCN(CC3CCNC3)CC2)C1. The van der Waals surface area contributed by atoms with Gasteiger partial charge in [0.1, 0.15) is 0 Å². The quantitative estimate of drug-likeness (QED) is 0.794. The van der Waals surface area contributed by atoms with Crippen LogP contribution in [0.2, 0.25) is 0 Å². The summed E-state index contributed by atoms with van der Waals surface area (Å²) >= 11 is 0. The lowest BCUT2D eigenvalue weighted by molar-refractivity contribution is 0.0893. The van der Waals surface area contributed by atoms with E-state index in [1.165, 1.54) is 77.9 Å². The van der Waals surface area contributed by atoms with Gasteiger partial charge in [-0.25, -0.2) is 0 Å². The molecule has 1 atom stereocenters. The van der Waals surface area contributed by atoms with Gasteiger partial charge in [-0.05, 0) is 38.3 Å². The van der Waals surface area contributed by atoms with Crippen molar-refractivity contribution >= 4 is 0 Å². The molecule has 2 heterocycles. The third-order valence-corrected chi connectivity index (χ3v) is 4.93. The first-order valence-electron chi connectivity index (χ1n) is 7.59. The molecule has 3 rings (SSSR count). The van der Waals surface area contributed by atoms with Gasteiger partial charge in [0.2, 0.25) is 0 Å². The fourth-order valence-electron chi connectivity index (χ4n) is 3.82. The molecule has 0 aromatic carbocycles. The number of hydrogen-bond donors (Lipinski definition) is 1. The van der Waals surface area contributed by atoms with Crippen molar-refractivity contribution in [2.75, 3.05) is 45.8 Å². The van der Waals surface area contributed by atoms with Crippen molar-refractivity contribution in [1.82, 2.24) is 15.1 Å². The van der Waals surface area contributed by atoms with Gasteiger partial charge in [-0.1, -0.05) is 12.8 Å². The van der Waals surface area contributed by atoms with Crippen LogP contribution < -0.4 is 5.32 Å². The molecule has 3 fully saturated rings. The predicted octanol–water partition coefficient (Wildman–Crippen LogP) is 1.16. The minimum Gasteiger partial charge on any atom is -0.316 e. The Bertz CT molecular complexity index is 224. The summed E-state index contributed by atoms with van der Waals surface area (Å²) in [5, 5.41) is 3.48. The predicted molar refractivity (Wildman–Crippen MR) is 71.2 cm³/mol. The number of nitrogens with zero attached hydrogens (tertiary/aromatic N) is 2. The summed E-state index contributed by atoms with van der Waals surface area (Å²) in [5.41, 5.74) is 0. The second-order valence-corrected chi connectivity index (χ2v) is 6.13. The maximum atomic E-state index is 3.48. The van der Waals surface area contributed by atoms with Crippen molar-refractivity contribution in [2.45, 2.75) is 38.1 Å². The molecule has 2 saturated heterocycles. The second-order valence-electron chi connectivity index (χ2n) is 6.13. The van der Waals surface area contributed by atoms with Crippen molar-refractivity contribution in [2.24, 2.45) is 5.92 Å². The zero-order chi connectivity index (χ0) is 11.5. The van der Waals surface area contributed by atoms with Crippen LogP contribution in [0, 0.1) is 5.92 Å². The van der Waals surface area contributed by atoms with Crippen LogP contribution in [0.4, 0.5) is 0 Å². The fourth-order valence-corrected chi connectivity index (χ4v) is 3.82. The maximum absolute atomic E-state index is 3.48. The van der Waals surface area contributed by atoms with E-state index in [4.69, 9.17) is 0 Å². The average molecular weight is 237 g/mol. The standard InChI is InChI=1S/C14H27N3/c1-2-4-14(3-1)17-9-7-16(8-10-17)12-13-5-6-15-11-13/h13-15H,1-12H2. The van der Waals surface area contributed by atoms with Gasteiger partial charge in [0.25, 0.3) is 0 Å². The van der Waals surface area contributed by atoms with E-state index in [1.807, 2.05) is 0 Å². The van der Waals surface area contributed by atoms with Gasteiger partial charge >= 0.3 is 0 Å². The van der Waals surface area contributed by atoms with Gasteiger partial charge in [0.05, 0.1) is 0 Å². The Hall–Kier alpha value is -0.120. The second kappa shape index (κ2) is 5.68. The number of nitrogens with one attached hydrogen (secondary N) is 1. The van der Waals surface area contributed by atoms with Gasteiger partial charge in [-0.2, -0.15) is 0 Å². The lowest BCUT2D eigenvalue weighted by Gasteiger charge is -2.38. The van der Waals surface area contributed by atoms with Crippen molar-refractivity contribution < 1.29 is 0 Å². The molecule has 0 spiro atoms. The summed E-state index contributed by atoms with van der Waals surface area (Å²) in [6.45, 7) is 9.11. The van der Waals surface area contributed by atoms with E-state index in [1.54, 1.807) is 0 Å². The van der Waals surface area contributed by atoms with Gasteiger partial charge in [0.15, 0.2) is 0 Å². The van der Waals surface area contributed by atoms with Crippen LogP contribution in [-0.4, -0.2) is 61.7 Å². The fraction of sp³-hybridized carbons (Fsp3) is 1.00. The minimum absolute atomic E-state index is 0.924. The molecular formula is C14H27N3. The van der Waals surface area contributed by atoms with E-state index < -0.39 is 0 Å². The molecular weight excluding hydrogens is 210 g/mol. The first kappa shape index (κ1) is 11.9. The Labute approximate surface area is 106 Å². The zero-order valence-electron chi connectivity index (χ0n) is 11.0. The van der Waals surface area contributed by atoms with E-state index in [-0.39, 0.29) is 0 Å². The third kappa shape index (κ3) is 3.01. The van der Waals surface area contributed by atoms with Crippen molar-refractivity contribution in [3.05, 3.63) is 0 Å². The molecule has 17 heavy (non-hydrogen) atoms. The molecule has 2 aliphatic heterocycles. The lowest BCUT2D eigenvalue weighted by Crippen LogP contribution is -2.50. The minimum atomic E-state index is 0.924. The summed E-state index contributed by atoms with van der Waals surface area (Å²) in [5.74, 6) is 0.924. The molecule has 1 aliphatic carbocycles. The van der Waals surface area contributed by atoms with Crippen LogP contribution in [-0.2, 0) is 0 Å². The Balaban J connectivity index is 1.40. The van der Waals surface area contributed by atoms with Crippen molar-refractivity contribution in [1.29, 1.82) is 0 Å². The molecule has 1 unspecified atom stereocenters. The Morgan fingerprint density at radius 3 is 2.35 bits per heavy atom. The highest BCUT2D eigenvalue weighted by molar-refractivity contribution is 4.83. The van der Waals surface area contributed by atoms with Crippen LogP contribution >= 0.6 is 0 Å². The first-order chi connectivity index (χ1) is 8.42. The maximum Gasteiger partial charge on any atom is 0.0113 e. The third-order valence-electron chi connectivity index (χ3n) is 4.93. The van der Waals surface area contributed by atoms with E-state index in [0.29, 0.717) is 0 Å². The summed E-state index contributed by atoms with van der Waals surface area (Å²) in [7, 11) is 0. The zero-order valence-corrected chi connectivity index (χ0v) is 11.0. The van der Waals surface area contributed by atoms with Crippen LogP contribution in [0.15, 0.2) is 0 Å². The van der Waals surface area contributed by atoms with Crippen molar-refractivity contribution in [3.63, 3.8) is 0 Å². The Morgan fingerprint density at radius 1 is 0.941 bits per heavy atom. The summed E-state index contributed by atoms with van der Waals surface area (Å²) < 4.78 is 0. The monoisotopic (exact) mass is 237 g/mol. The largest absolute Gasteiger partial charge is 0.316 e. The van der Waals surface area contributed by atoms with Crippen molar-refractivity contribution in [3.8, 4) is 0 Å². The number of piperazine rings is 1. The molecule has 3 aliphatic rings. The normalized spacial score (nSPS) is 33.5. The lowest BCUT2D eigenvalue weighted by atomic mass is 10.1. The average Bonchev–Trinajstić information content (AvgIpc) is 3.01. The van der Waals surface area contributed by atoms with Gasteiger partial charge in [0, 0.05) is 38.8 Å². The smallest absolute Gasteiger partial charge is 0.0113 e. The van der Waals surface area contributed by atoms with Gasteiger partial charge in [-0.15, -0.1) is 0 Å². The highest BCUT2D eigenvalue weighted by atomic mass is 15.3. The van der Waals surface area contributed by atoms with Crippen LogP contribution in [0.3, 0.4) is 0 Å². The molecule has 0 radical (unpaired) electrons. The molecule has 98 valence electrons. The highest BCUT2D eigenvalue weighted by Crippen LogP contribution is 2.24. The van der Waals surface area contributed by atoms with E-state index in [0.717, 1.165) is 12.0 Å². The number of rotatable bonds is 3. The first-order valence-corrected chi connectivity index (χ1v) is 7.59. The van der Waals surface area contributed by atoms with Crippen LogP contribution in [0.25, 0.3) is 0 Å². The summed E-state index contributed by atoms with van der Waals surface area (Å²) in [6, 6.07) is 0.935. The molecule has 0 bridgehead atoms. The molecule has 1 saturated carbocycles. The summed E-state index contributed by atoms with van der Waals surface area (Å²) in [4.78, 5) is 5.46. The number of hydrogen-bond acceptors (Lipinski definition) is 3. The molecule has 3 heteroatoms.